The summed E-state index contributed by atoms with van der Waals surface area (Å²) in [5.41, 5.74) is 8.65. The third-order valence-corrected chi connectivity index (χ3v) is 7.24. The maximum absolute atomic E-state index is 12.2. The van der Waals surface area contributed by atoms with Gasteiger partial charge in [0.1, 0.15) is 29.3 Å². The summed E-state index contributed by atoms with van der Waals surface area (Å²) < 4.78 is 5.90. The van der Waals surface area contributed by atoms with Crippen molar-refractivity contribution < 1.29 is 9.53 Å². The number of aromatic amines is 1. The maximum Gasteiger partial charge on any atom is 0.222 e. The topological polar surface area (TPSA) is 122 Å². The van der Waals surface area contributed by atoms with Gasteiger partial charge in [-0.15, -0.1) is 11.3 Å². The monoisotopic (exact) mass is 465 g/mol. The van der Waals surface area contributed by atoms with Crippen LogP contribution in [-0.2, 0) is 17.6 Å². The van der Waals surface area contributed by atoms with E-state index >= 15 is 0 Å². The van der Waals surface area contributed by atoms with Crippen molar-refractivity contribution >= 4 is 49.9 Å². The number of amides is 1. The van der Waals surface area contributed by atoms with Crippen LogP contribution in [0.5, 0.6) is 5.75 Å². The predicted molar refractivity (Wildman–Crippen MR) is 130 cm³/mol. The van der Waals surface area contributed by atoms with Crippen LogP contribution in [0.25, 0.3) is 21.1 Å². The smallest absolute Gasteiger partial charge is 0.222 e. The Hall–Kier alpha value is -3.24. The van der Waals surface area contributed by atoms with Crippen LogP contribution < -0.4 is 15.8 Å². The minimum Gasteiger partial charge on any atom is -0.490 e. The highest BCUT2D eigenvalue weighted by Crippen LogP contribution is 2.42. The van der Waals surface area contributed by atoms with E-state index in [2.05, 4.69) is 25.5 Å². The molecule has 3 aromatic heterocycles. The Kier molecular flexibility index (Phi) is 5.86. The zero-order chi connectivity index (χ0) is 22.9. The molecule has 0 fully saturated rings. The second-order valence-corrected chi connectivity index (χ2v) is 9.66. The first-order valence-electron chi connectivity index (χ1n) is 11.1. The number of ether oxygens (including phenoxy) is 1. The number of carbonyl (C=O) groups excluding carboxylic acids is 1. The summed E-state index contributed by atoms with van der Waals surface area (Å²) in [5.74, 6) is 2.01. The Balaban J connectivity index is 1.48. The van der Waals surface area contributed by atoms with Gasteiger partial charge in [0, 0.05) is 43.4 Å². The summed E-state index contributed by atoms with van der Waals surface area (Å²) in [7, 11) is 3.63. The van der Waals surface area contributed by atoms with E-state index in [1.165, 1.54) is 10.4 Å². The first-order valence-corrected chi connectivity index (χ1v) is 11.9. The predicted octanol–water partition coefficient (Wildman–Crippen LogP) is 3.23. The summed E-state index contributed by atoms with van der Waals surface area (Å²) in [6, 6.07) is 3.93. The van der Waals surface area contributed by atoms with Crippen molar-refractivity contribution in [1.82, 2.24) is 25.1 Å². The Bertz CT molecular complexity index is 1310. The van der Waals surface area contributed by atoms with Crippen LogP contribution in [0.15, 0.2) is 24.7 Å². The molecule has 1 unspecified atom stereocenters. The highest BCUT2D eigenvalue weighted by atomic mass is 32.1. The molecule has 0 saturated carbocycles. The van der Waals surface area contributed by atoms with Crippen molar-refractivity contribution in [3.63, 3.8) is 0 Å². The normalized spacial score (nSPS) is 15.5. The highest BCUT2D eigenvalue weighted by molar-refractivity contribution is 7.19. The number of nitrogens with one attached hydrogen (secondary N) is 2. The van der Waals surface area contributed by atoms with E-state index in [0.717, 1.165) is 51.9 Å². The number of carbonyl (C=O) groups is 1. The standard InChI is InChI=1S/C23H27N7O2S/c1-30(2)20(31)8-13-3-4-15-19(7-13)33-23-21(15)22(25-12-26-23)28-17-9-14-11-27-29-16(14)10-18(17)32-6-5-24/h9-13H,3-8,24H2,1-2H3,(H,27,29)(H,25,26,28). The quantitative estimate of drug-likeness (QED) is 0.383. The lowest BCUT2D eigenvalue weighted by atomic mass is 9.85. The fraction of sp³-hybridized carbons (Fsp3) is 0.391. The first kappa shape index (κ1) is 21.6. The SMILES string of the molecule is CN(C)C(=O)CC1CCc2c(sc3ncnc(Nc4cc5cn[nH]c5cc4OCCN)c23)C1. The number of nitrogens with two attached hydrogens (primary N) is 1. The number of nitrogens with zero attached hydrogens (tertiary/aromatic N) is 4. The maximum atomic E-state index is 12.2. The Morgan fingerprint density at radius 1 is 1.36 bits per heavy atom. The van der Waals surface area contributed by atoms with Gasteiger partial charge in [0.15, 0.2) is 0 Å². The molecule has 1 atom stereocenters. The van der Waals surface area contributed by atoms with Gasteiger partial charge >= 0.3 is 0 Å². The minimum absolute atomic E-state index is 0.186. The van der Waals surface area contributed by atoms with E-state index in [0.29, 0.717) is 31.2 Å². The molecular formula is C23H27N7O2S. The highest BCUT2D eigenvalue weighted by Gasteiger charge is 2.27. The zero-order valence-corrected chi connectivity index (χ0v) is 19.5. The van der Waals surface area contributed by atoms with Gasteiger partial charge in [-0.1, -0.05) is 0 Å². The van der Waals surface area contributed by atoms with E-state index in [1.54, 1.807) is 28.8 Å². The molecule has 3 heterocycles. The fourth-order valence-corrected chi connectivity index (χ4v) is 5.66. The van der Waals surface area contributed by atoms with E-state index in [9.17, 15) is 4.79 Å². The van der Waals surface area contributed by atoms with E-state index < -0.39 is 0 Å². The van der Waals surface area contributed by atoms with Crippen molar-refractivity contribution in [3.8, 4) is 5.75 Å². The van der Waals surface area contributed by atoms with Crippen LogP contribution in [0.1, 0.15) is 23.3 Å². The number of aromatic nitrogens is 4. The van der Waals surface area contributed by atoms with E-state index in [1.807, 2.05) is 26.2 Å². The summed E-state index contributed by atoms with van der Waals surface area (Å²) in [6.07, 6.45) is 6.77. The molecule has 172 valence electrons. The van der Waals surface area contributed by atoms with Crippen LogP contribution in [0, 0.1) is 5.92 Å². The van der Waals surface area contributed by atoms with Gasteiger partial charge in [-0.3, -0.25) is 9.89 Å². The molecule has 0 saturated heterocycles. The number of benzene rings is 1. The fourth-order valence-electron chi connectivity index (χ4n) is 4.36. The number of aryl methyl sites for hydroxylation is 1. The summed E-state index contributed by atoms with van der Waals surface area (Å²) in [6.45, 7) is 0.835. The van der Waals surface area contributed by atoms with Crippen LogP contribution in [0.4, 0.5) is 11.5 Å². The van der Waals surface area contributed by atoms with Crippen LogP contribution in [0.3, 0.4) is 0 Å². The molecule has 0 bridgehead atoms. The second kappa shape index (κ2) is 8.95. The van der Waals surface area contributed by atoms with Crippen LogP contribution >= 0.6 is 11.3 Å². The minimum atomic E-state index is 0.186. The summed E-state index contributed by atoms with van der Waals surface area (Å²) >= 11 is 1.71. The van der Waals surface area contributed by atoms with Gasteiger partial charge in [0.2, 0.25) is 5.91 Å². The van der Waals surface area contributed by atoms with Crippen molar-refractivity contribution in [3.05, 3.63) is 35.1 Å². The summed E-state index contributed by atoms with van der Waals surface area (Å²) in [5, 5.41) is 12.6. The Morgan fingerprint density at radius 3 is 3.06 bits per heavy atom. The van der Waals surface area contributed by atoms with Gasteiger partial charge in [0.25, 0.3) is 0 Å². The number of rotatable bonds is 7. The molecular weight excluding hydrogens is 438 g/mol. The molecule has 33 heavy (non-hydrogen) atoms. The molecule has 0 aliphatic heterocycles. The number of thiophene rings is 1. The van der Waals surface area contributed by atoms with E-state index in [-0.39, 0.29) is 5.91 Å². The third-order valence-electron chi connectivity index (χ3n) is 6.08. The third kappa shape index (κ3) is 4.23. The van der Waals surface area contributed by atoms with Crippen molar-refractivity contribution in [2.75, 3.05) is 32.6 Å². The van der Waals surface area contributed by atoms with Crippen molar-refractivity contribution in [2.24, 2.45) is 11.7 Å². The van der Waals surface area contributed by atoms with Gasteiger partial charge in [-0.05, 0) is 36.8 Å². The molecule has 4 N–H and O–H groups in total. The molecule has 9 nitrogen and oxygen atoms in total. The van der Waals surface area contributed by atoms with Gasteiger partial charge in [0.05, 0.1) is 22.8 Å². The molecule has 1 aliphatic carbocycles. The molecule has 0 radical (unpaired) electrons. The number of hydrogen-bond acceptors (Lipinski definition) is 8. The van der Waals surface area contributed by atoms with E-state index in [4.69, 9.17) is 10.5 Å². The van der Waals surface area contributed by atoms with Crippen LogP contribution in [-0.4, -0.2) is 58.2 Å². The molecule has 0 spiro atoms. The van der Waals surface area contributed by atoms with Crippen molar-refractivity contribution in [1.29, 1.82) is 0 Å². The van der Waals surface area contributed by atoms with Gasteiger partial charge < -0.3 is 20.7 Å². The largest absolute Gasteiger partial charge is 0.490 e. The second-order valence-electron chi connectivity index (χ2n) is 8.58. The Labute approximate surface area is 195 Å². The summed E-state index contributed by atoms with van der Waals surface area (Å²) in [4.78, 5) is 25.3. The zero-order valence-electron chi connectivity index (χ0n) is 18.7. The number of fused-ring (bicyclic) bond motifs is 4. The van der Waals surface area contributed by atoms with Gasteiger partial charge in [-0.2, -0.15) is 5.10 Å². The number of hydrogen-bond donors (Lipinski definition) is 3. The first-order chi connectivity index (χ1) is 16.0. The molecule has 4 aromatic rings. The van der Waals surface area contributed by atoms with Gasteiger partial charge in [-0.25, -0.2) is 9.97 Å². The Morgan fingerprint density at radius 2 is 2.24 bits per heavy atom. The molecule has 10 heteroatoms. The average Bonchev–Trinajstić information content (AvgIpc) is 3.41. The molecule has 1 aromatic carbocycles. The number of anilines is 2. The van der Waals surface area contributed by atoms with Crippen molar-refractivity contribution in [2.45, 2.75) is 25.7 Å². The molecule has 5 rings (SSSR count). The number of H-pyrrole nitrogens is 1. The lowest BCUT2D eigenvalue weighted by molar-refractivity contribution is -0.129. The lowest BCUT2D eigenvalue weighted by Gasteiger charge is -2.23. The average molecular weight is 466 g/mol. The molecule has 1 aliphatic rings. The van der Waals surface area contributed by atoms with Crippen LogP contribution in [0.2, 0.25) is 0 Å². The lowest BCUT2D eigenvalue weighted by Crippen LogP contribution is -2.26. The molecule has 1 amide bonds.